The number of carbonyl (C=O) groups excluding carboxylic acids is 1. The molecule has 0 spiro atoms. The Kier molecular flexibility index (Phi) is 3.85. The van der Waals surface area contributed by atoms with Crippen LogP contribution in [0.3, 0.4) is 0 Å². The van der Waals surface area contributed by atoms with Crippen LogP contribution in [0.1, 0.15) is 30.7 Å². The summed E-state index contributed by atoms with van der Waals surface area (Å²) in [6, 6.07) is 0. The van der Waals surface area contributed by atoms with Crippen molar-refractivity contribution in [3.05, 3.63) is 16.1 Å². The maximum absolute atomic E-state index is 11.5. The lowest BCUT2D eigenvalue weighted by molar-refractivity contribution is -0.128. The highest BCUT2D eigenvalue weighted by molar-refractivity contribution is 7.11. The number of amides is 1. The van der Waals surface area contributed by atoms with Crippen LogP contribution in [0.25, 0.3) is 0 Å². The Balaban J connectivity index is 2.31. The van der Waals surface area contributed by atoms with Crippen molar-refractivity contribution in [3.63, 3.8) is 0 Å². The van der Waals surface area contributed by atoms with Gasteiger partial charge in [-0.25, -0.2) is 4.98 Å². The molecule has 0 saturated carbocycles. The molecule has 0 saturated heterocycles. The van der Waals surface area contributed by atoms with E-state index >= 15 is 0 Å². The minimum absolute atomic E-state index is 0.101. The van der Waals surface area contributed by atoms with Crippen LogP contribution in [-0.4, -0.2) is 17.4 Å². The van der Waals surface area contributed by atoms with Crippen LogP contribution in [0, 0.1) is 12.3 Å². The average Bonchev–Trinajstić information content (AvgIpc) is 2.49. The first-order chi connectivity index (χ1) is 6.89. The third-order valence-electron chi connectivity index (χ3n) is 2.01. The van der Waals surface area contributed by atoms with Gasteiger partial charge in [-0.15, -0.1) is 11.3 Å². The zero-order valence-corrected chi connectivity index (χ0v) is 10.6. The van der Waals surface area contributed by atoms with Gasteiger partial charge in [-0.1, -0.05) is 20.8 Å². The zero-order valence-electron chi connectivity index (χ0n) is 9.76. The molecule has 0 fully saturated rings. The minimum atomic E-state index is -0.302. The number of nitrogens with zero attached hydrogens (tertiary/aromatic N) is 1. The van der Waals surface area contributed by atoms with Crippen LogP contribution in [0.5, 0.6) is 0 Å². The van der Waals surface area contributed by atoms with Crippen molar-refractivity contribution < 1.29 is 4.79 Å². The van der Waals surface area contributed by atoms with Crippen molar-refractivity contribution in [2.75, 3.05) is 6.54 Å². The van der Waals surface area contributed by atoms with E-state index in [0.29, 0.717) is 6.54 Å². The number of carbonyl (C=O) groups is 1. The van der Waals surface area contributed by atoms with Gasteiger partial charge in [0.25, 0.3) is 0 Å². The molecule has 1 N–H and O–H groups in total. The number of aryl methyl sites for hydroxylation is 1. The van der Waals surface area contributed by atoms with Gasteiger partial charge >= 0.3 is 0 Å². The Morgan fingerprint density at radius 3 is 2.67 bits per heavy atom. The summed E-state index contributed by atoms with van der Waals surface area (Å²) < 4.78 is 0. The molecule has 0 radical (unpaired) electrons. The minimum Gasteiger partial charge on any atom is -0.355 e. The monoisotopic (exact) mass is 226 g/mol. The van der Waals surface area contributed by atoms with Crippen LogP contribution in [-0.2, 0) is 11.2 Å². The number of hydrogen-bond donors (Lipinski definition) is 1. The molecular formula is C11H18N2OS. The molecule has 0 atom stereocenters. The lowest BCUT2D eigenvalue weighted by Crippen LogP contribution is -2.35. The number of thiazole rings is 1. The molecule has 0 aromatic carbocycles. The fourth-order valence-corrected chi connectivity index (χ4v) is 1.88. The fourth-order valence-electron chi connectivity index (χ4n) is 1.09. The molecule has 0 bridgehead atoms. The number of nitrogens with one attached hydrogen (secondary N) is 1. The van der Waals surface area contributed by atoms with Gasteiger partial charge in [-0.3, -0.25) is 4.79 Å². The highest BCUT2D eigenvalue weighted by Crippen LogP contribution is 2.13. The first kappa shape index (κ1) is 12.2. The molecule has 3 nitrogen and oxygen atoms in total. The molecule has 0 aliphatic heterocycles. The maximum atomic E-state index is 11.5. The molecule has 4 heteroatoms. The second-order valence-electron chi connectivity index (χ2n) is 4.60. The van der Waals surface area contributed by atoms with Gasteiger partial charge in [0.1, 0.15) is 0 Å². The summed E-state index contributed by atoms with van der Waals surface area (Å²) in [7, 11) is 0. The van der Waals surface area contributed by atoms with E-state index in [1.54, 1.807) is 11.3 Å². The van der Waals surface area contributed by atoms with E-state index in [9.17, 15) is 4.79 Å². The number of aromatic nitrogens is 1. The molecule has 0 aliphatic carbocycles. The summed E-state index contributed by atoms with van der Waals surface area (Å²) in [6.45, 7) is 8.43. The summed E-state index contributed by atoms with van der Waals surface area (Å²) in [5.74, 6) is 0.101. The molecule has 1 rings (SSSR count). The highest BCUT2D eigenvalue weighted by Gasteiger charge is 2.20. The fraction of sp³-hybridized carbons (Fsp3) is 0.636. The summed E-state index contributed by atoms with van der Waals surface area (Å²) in [4.78, 5) is 16.9. The van der Waals surface area contributed by atoms with Crippen molar-refractivity contribution in [3.8, 4) is 0 Å². The molecule has 15 heavy (non-hydrogen) atoms. The van der Waals surface area contributed by atoms with Crippen LogP contribution in [0.4, 0.5) is 0 Å². The molecule has 0 unspecified atom stereocenters. The summed E-state index contributed by atoms with van der Waals surface area (Å²) in [5.41, 5.74) is -0.302. The summed E-state index contributed by atoms with van der Waals surface area (Å²) in [5, 5.41) is 4.00. The molecule has 1 heterocycles. The van der Waals surface area contributed by atoms with Gasteiger partial charge < -0.3 is 5.32 Å². The Labute approximate surface area is 94.9 Å². The van der Waals surface area contributed by atoms with E-state index in [2.05, 4.69) is 10.3 Å². The van der Waals surface area contributed by atoms with Gasteiger partial charge in [0, 0.05) is 29.5 Å². The predicted molar refractivity (Wildman–Crippen MR) is 63.0 cm³/mol. The molecule has 0 aliphatic rings. The Morgan fingerprint density at radius 2 is 2.20 bits per heavy atom. The topological polar surface area (TPSA) is 42.0 Å². The third-order valence-corrected chi connectivity index (χ3v) is 2.98. The van der Waals surface area contributed by atoms with E-state index < -0.39 is 0 Å². The van der Waals surface area contributed by atoms with E-state index in [4.69, 9.17) is 0 Å². The van der Waals surface area contributed by atoms with Crippen molar-refractivity contribution in [1.29, 1.82) is 0 Å². The van der Waals surface area contributed by atoms with Crippen LogP contribution in [0.2, 0.25) is 0 Å². The lowest BCUT2D eigenvalue weighted by Gasteiger charge is -2.17. The van der Waals surface area contributed by atoms with Crippen molar-refractivity contribution in [1.82, 2.24) is 10.3 Å². The lowest BCUT2D eigenvalue weighted by atomic mass is 9.96. The van der Waals surface area contributed by atoms with Crippen LogP contribution >= 0.6 is 11.3 Å². The Hall–Kier alpha value is -0.900. The Morgan fingerprint density at radius 1 is 1.53 bits per heavy atom. The highest BCUT2D eigenvalue weighted by atomic mass is 32.1. The van der Waals surface area contributed by atoms with Gasteiger partial charge in [0.15, 0.2) is 0 Å². The van der Waals surface area contributed by atoms with Gasteiger partial charge in [0.05, 0.1) is 5.01 Å². The molecule has 1 amide bonds. The quantitative estimate of drug-likeness (QED) is 0.858. The maximum Gasteiger partial charge on any atom is 0.225 e. The predicted octanol–water partition coefficient (Wildman–Crippen LogP) is 2.16. The first-order valence-corrected chi connectivity index (χ1v) is 5.91. The molecular weight excluding hydrogens is 208 g/mol. The van der Waals surface area contributed by atoms with Crippen LogP contribution in [0.15, 0.2) is 6.20 Å². The summed E-state index contributed by atoms with van der Waals surface area (Å²) >= 11 is 1.68. The SMILES string of the molecule is Cc1ncc(CCNC(=O)C(C)(C)C)s1. The second kappa shape index (κ2) is 4.75. The van der Waals surface area contributed by atoms with Gasteiger partial charge in [-0.2, -0.15) is 0 Å². The average molecular weight is 226 g/mol. The Bertz CT molecular complexity index is 339. The first-order valence-electron chi connectivity index (χ1n) is 5.09. The van der Waals surface area contributed by atoms with Crippen molar-refractivity contribution in [2.45, 2.75) is 34.1 Å². The van der Waals surface area contributed by atoms with E-state index in [1.165, 1.54) is 4.88 Å². The number of hydrogen-bond acceptors (Lipinski definition) is 3. The van der Waals surface area contributed by atoms with E-state index in [1.807, 2.05) is 33.9 Å². The van der Waals surface area contributed by atoms with Gasteiger partial charge in [-0.05, 0) is 6.92 Å². The van der Waals surface area contributed by atoms with Crippen molar-refractivity contribution >= 4 is 17.2 Å². The standard InChI is InChI=1S/C11H18N2OS/c1-8-13-7-9(15-8)5-6-12-10(14)11(2,3)4/h7H,5-6H2,1-4H3,(H,12,14). The largest absolute Gasteiger partial charge is 0.355 e. The molecule has 1 aromatic heterocycles. The third kappa shape index (κ3) is 4.00. The summed E-state index contributed by atoms with van der Waals surface area (Å²) in [6.07, 6.45) is 2.75. The van der Waals surface area contributed by atoms with E-state index in [-0.39, 0.29) is 11.3 Å². The van der Waals surface area contributed by atoms with Crippen LogP contribution < -0.4 is 5.32 Å². The molecule has 84 valence electrons. The second-order valence-corrected chi connectivity index (χ2v) is 5.92. The van der Waals surface area contributed by atoms with Gasteiger partial charge in [0.2, 0.25) is 5.91 Å². The molecule has 1 aromatic rings. The zero-order chi connectivity index (χ0) is 11.5. The number of rotatable bonds is 3. The van der Waals surface area contributed by atoms with E-state index in [0.717, 1.165) is 11.4 Å². The van der Waals surface area contributed by atoms with Crippen molar-refractivity contribution in [2.24, 2.45) is 5.41 Å². The normalized spacial score (nSPS) is 11.5. The smallest absolute Gasteiger partial charge is 0.225 e.